The molecule has 8 N–H and O–H groups in total. The number of hydrazine groups is 2. The van der Waals surface area contributed by atoms with Gasteiger partial charge in [0.25, 0.3) is 11.9 Å². The largest absolute Gasteiger partial charge is 0.458 e. The number of esters is 2. The predicted molar refractivity (Wildman–Crippen MR) is 175 cm³/mol. The molecule has 2 unspecified atom stereocenters. The Morgan fingerprint density at radius 1 is 0.739 bits per heavy atom. The zero-order chi connectivity index (χ0) is 35.9. The van der Waals surface area contributed by atoms with Gasteiger partial charge < -0.3 is 20.9 Å². The molecular weight excluding hydrogens is 604 g/mol. The van der Waals surface area contributed by atoms with Crippen LogP contribution in [0, 0.1) is 20.2 Å². The molecule has 0 aromatic rings. The second-order valence-electron chi connectivity index (χ2n) is 14.0. The van der Waals surface area contributed by atoms with E-state index in [9.17, 15) is 29.8 Å². The number of carbonyl (C=O) groups is 2. The van der Waals surface area contributed by atoms with Crippen LogP contribution in [0.2, 0.25) is 0 Å². The van der Waals surface area contributed by atoms with Crippen molar-refractivity contribution < 1.29 is 29.1 Å². The van der Waals surface area contributed by atoms with Gasteiger partial charge in [0.2, 0.25) is 0 Å². The maximum atomic E-state index is 13.4. The van der Waals surface area contributed by atoms with Crippen LogP contribution in [0.3, 0.4) is 0 Å². The van der Waals surface area contributed by atoms with Gasteiger partial charge in [-0.15, -0.1) is 0 Å². The van der Waals surface area contributed by atoms with Gasteiger partial charge in [-0.25, -0.2) is 30.2 Å². The van der Waals surface area contributed by atoms with E-state index in [1.165, 1.54) is 0 Å². The molecular formula is C28H56N10O8. The average Bonchev–Trinajstić information content (AvgIpc) is 2.84. The third-order valence-corrected chi connectivity index (χ3v) is 6.51. The molecule has 266 valence electrons. The van der Waals surface area contributed by atoms with Crippen LogP contribution in [-0.4, -0.2) is 81.4 Å². The quantitative estimate of drug-likeness (QED) is 0.0271. The maximum absolute atomic E-state index is 13.4. The molecule has 0 heterocycles. The standard InChI is InChI=1S/C28H56N10O8/c1-11-26(5,6)34-20(15-13-17-32-24(30)36-38(43)44)22(40)46-28(9,10)18-27(7,8)45-21(39)19(33-25(2,3)4)14-12-16-31-23(29)35-37(41)42/h19-20,33-34H,11-18H2,1-10H3,(H3,29,31,35)(H3,30,32,36). The predicted octanol–water partition coefficient (Wildman–Crippen LogP) is 1.68. The molecule has 0 aromatic heterocycles. The summed E-state index contributed by atoms with van der Waals surface area (Å²) < 4.78 is 11.9. The van der Waals surface area contributed by atoms with Crippen LogP contribution in [0.15, 0.2) is 9.98 Å². The summed E-state index contributed by atoms with van der Waals surface area (Å²) in [5.74, 6) is -1.65. The fraction of sp³-hybridized carbons (Fsp3) is 0.857. The molecule has 0 aliphatic heterocycles. The number of hydrogen-bond donors (Lipinski definition) is 6. The molecule has 18 nitrogen and oxygen atoms in total. The van der Waals surface area contributed by atoms with E-state index in [0.29, 0.717) is 25.7 Å². The first kappa shape index (κ1) is 42.2. The van der Waals surface area contributed by atoms with Crippen LogP contribution in [0.5, 0.6) is 0 Å². The number of nitrogens with one attached hydrogen (secondary N) is 4. The topological polar surface area (TPSA) is 264 Å². The van der Waals surface area contributed by atoms with Crippen molar-refractivity contribution in [3.63, 3.8) is 0 Å². The van der Waals surface area contributed by atoms with E-state index in [1.807, 2.05) is 41.5 Å². The average molecular weight is 661 g/mol. The van der Waals surface area contributed by atoms with Gasteiger partial charge in [-0.1, -0.05) is 17.8 Å². The molecule has 0 saturated carbocycles. The first-order chi connectivity index (χ1) is 20.9. The highest BCUT2D eigenvalue weighted by Crippen LogP contribution is 2.28. The summed E-state index contributed by atoms with van der Waals surface area (Å²) in [5.41, 5.74) is 11.6. The van der Waals surface area contributed by atoms with E-state index in [-0.39, 0.29) is 37.0 Å². The number of guanidine groups is 2. The Bertz CT molecular complexity index is 1090. The SMILES string of the molecule is CCC(C)(C)NC(CCCN=C(N)N[N+](=O)[O-])C(=O)OC(C)(C)CC(C)(C)OC(=O)C(CCCN=C(N)N[N+](=O)[O-])NC(C)(C)C. The van der Waals surface area contributed by atoms with Crippen LogP contribution in [0.4, 0.5) is 0 Å². The van der Waals surface area contributed by atoms with Crippen molar-refractivity contribution in [2.24, 2.45) is 21.5 Å². The van der Waals surface area contributed by atoms with Gasteiger partial charge in [-0.3, -0.25) is 20.2 Å². The highest BCUT2D eigenvalue weighted by atomic mass is 16.7. The number of nitrogens with zero attached hydrogens (tertiary/aromatic N) is 4. The number of hydrogen-bond acceptors (Lipinski definition) is 12. The van der Waals surface area contributed by atoms with E-state index in [2.05, 4.69) is 20.6 Å². The Labute approximate surface area is 271 Å². The summed E-state index contributed by atoms with van der Waals surface area (Å²) in [6.07, 6.45) is 2.40. The summed E-state index contributed by atoms with van der Waals surface area (Å²) in [4.78, 5) is 55.6. The lowest BCUT2D eigenvalue weighted by Gasteiger charge is -2.37. The van der Waals surface area contributed by atoms with Crippen molar-refractivity contribution in [3.8, 4) is 0 Å². The number of rotatable bonds is 20. The smallest absolute Gasteiger partial charge is 0.323 e. The minimum atomic E-state index is -1.03. The summed E-state index contributed by atoms with van der Waals surface area (Å²) in [7, 11) is 0. The molecule has 0 bridgehead atoms. The number of carbonyl (C=O) groups excluding carboxylic acids is 2. The Balaban J connectivity index is 5.53. The van der Waals surface area contributed by atoms with Gasteiger partial charge in [0.1, 0.15) is 23.3 Å². The van der Waals surface area contributed by atoms with E-state index in [0.717, 1.165) is 6.42 Å². The Kier molecular flexibility index (Phi) is 16.9. The third-order valence-electron chi connectivity index (χ3n) is 6.51. The summed E-state index contributed by atoms with van der Waals surface area (Å²) >= 11 is 0. The molecule has 0 amide bonds. The van der Waals surface area contributed by atoms with E-state index < -0.39 is 50.8 Å². The zero-order valence-electron chi connectivity index (χ0n) is 29.0. The van der Waals surface area contributed by atoms with Crippen LogP contribution >= 0.6 is 0 Å². The molecule has 0 fully saturated rings. The van der Waals surface area contributed by atoms with Gasteiger partial charge in [0.05, 0.1) is 0 Å². The molecule has 0 rings (SSSR count). The lowest BCUT2D eigenvalue weighted by Crippen LogP contribution is -2.52. The fourth-order valence-electron chi connectivity index (χ4n) is 4.63. The minimum absolute atomic E-state index is 0.161. The molecule has 0 radical (unpaired) electrons. The fourth-order valence-corrected chi connectivity index (χ4v) is 4.63. The van der Waals surface area contributed by atoms with Crippen LogP contribution in [0.1, 0.15) is 108 Å². The normalized spacial score (nSPS) is 14.7. The van der Waals surface area contributed by atoms with E-state index in [4.69, 9.17) is 20.9 Å². The molecule has 0 spiro atoms. The van der Waals surface area contributed by atoms with Crippen molar-refractivity contribution in [1.82, 2.24) is 21.5 Å². The lowest BCUT2D eigenvalue weighted by atomic mass is 9.91. The van der Waals surface area contributed by atoms with Gasteiger partial charge in [-0.2, -0.15) is 0 Å². The highest BCUT2D eigenvalue weighted by molar-refractivity contribution is 5.78. The van der Waals surface area contributed by atoms with E-state index in [1.54, 1.807) is 38.5 Å². The first-order valence-electron chi connectivity index (χ1n) is 15.3. The second-order valence-corrected chi connectivity index (χ2v) is 14.0. The van der Waals surface area contributed by atoms with Crippen LogP contribution in [0.25, 0.3) is 0 Å². The molecule has 0 aliphatic rings. The molecule has 46 heavy (non-hydrogen) atoms. The van der Waals surface area contributed by atoms with Gasteiger partial charge in [0, 0.05) is 30.6 Å². The van der Waals surface area contributed by atoms with Gasteiger partial charge in [0.15, 0.2) is 10.1 Å². The van der Waals surface area contributed by atoms with Crippen molar-refractivity contribution in [2.75, 3.05) is 13.1 Å². The van der Waals surface area contributed by atoms with Crippen molar-refractivity contribution in [1.29, 1.82) is 0 Å². The maximum Gasteiger partial charge on any atom is 0.323 e. The number of aliphatic imine (C=N–C) groups is 2. The number of ether oxygens (including phenoxy) is 2. The monoisotopic (exact) mass is 660 g/mol. The summed E-state index contributed by atoms with van der Waals surface area (Å²) in [5, 5.41) is 26.0. The molecule has 2 atom stereocenters. The van der Waals surface area contributed by atoms with E-state index >= 15 is 0 Å². The van der Waals surface area contributed by atoms with Gasteiger partial charge in [-0.05, 0) is 94.4 Å². The van der Waals surface area contributed by atoms with Crippen molar-refractivity contribution in [3.05, 3.63) is 20.2 Å². The van der Waals surface area contributed by atoms with Crippen LogP contribution < -0.4 is 33.0 Å². The number of nitro groups is 2. The van der Waals surface area contributed by atoms with Gasteiger partial charge >= 0.3 is 11.9 Å². The number of nitrogens with two attached hydrogens (primary N) is 2. The summed E-state index contributed by atoms with van der Waals surface area (Å²) in [6.45, 7) is 18.9. The minimum Gasteiger partial charge on any atom is -0.458 e. The third kappa shape index (κ3) is 20.3. The molecule has 0 aromatic carbocycles. The second kappa shape index (κ2) is 18.4. The molecule has 0 aliphatic carbocycles. The zero-order valence-corrected chi connectivity index (χ0v) is 29.0. The summed E-state index contributed by atoms with van der Waals surface area (Å²) in [6, 6.07) is -1.40. The highest BCUT2D eigenvalue weighted by Gasteiger charge is 2.38. The molecule has 18 heteroatoms. The Morgan fingerprint density at radius 3 is 1.43 bits per heavy atom. The van der Waals surface area contributed by atoms with Crippen molar-refractivity contribution in [2.45, 2.75) is 142 Å². The Morgan fingerprint density at radius 2 is 1.11 bits per heavy atom. The lowest BCUT2D eigenvalue weighted by molar-refractivity contribution is -0.525. The molecule has 0 saturated heterocycles. The first-order valence-corrected chi connectivity index (χ1v) is 15.3. The van der Waals surface area contributed by atoms with Crippen LogP contribution in [-0.2, 0) is 19.1 Å². The van der Waals surface area contributed by atoms with Crippen molar-refractivity contribution >= 4 is 23.9 Å². The Hall–Kier alpha value is -3.80.